The first-order chi connectivity index (χ1) is 10.0. The van der Waals surface area contributed by atoms with Gasteiger partial charge in [-0.2, -0.15) is 0 Å². The highest BCUT2D eigenvalue weighted by atomic mass is 32.2. The highest BCUT2D eigenvalue weighted by Gasteiger charge is 2.16. The van der Waals surface area contributed by atoms with Crippen LogP contribution in [0.25, 0.3) is 0 Å². The lowest BCUT2D eigenvalue weighted by atomic mass is 10.3. The fourth-order valence-corrected chi connectivity index (χ4v) is 4.09. The van der Waals surface area contributed by atoms with Gasteiger partial charge in [-0.3, -0.25) is 4.72 Å². The Morgan fingerprint density at radius 3 is 2.48 bits per heavy atom. The van der Waals surface area contributed by atoms with Gasteiger partial charge in [0, 0.05) is 17.1 Å². The molecule has 2 N–H and O–H groups in total. The maximum absolute atomic E-state index is 12.3. The van der Waals surface area contributed by atoms with Gasteiger partial charge < -0.3 is 10.1 Å². The van der Waals surface area contributed by atoms with Crippen LogP contribution in [0.15, 0.2) is 40.6 Å². The smallest absolute Gasteiger partial charge is 0.271 e. The average Bonchev–Trinajstić information content (AvgIpc) is 2.95. The summed E-state index contributed by atoms with van der Waals surface area (Å²) in [5.74, 6) is 0.682. The topological polar surface area (TPSA) is 67.4 Å². The van der Waals surface area contributed by atoms with Crippen LogP contribution in [0.4, 0.5) is 5.69 Å². The first-order valence-corrected chi connectivity index (χ1v) is 8.81. The molecular formula is C14H18N2O3S2. The lowest BCUT2D eigenvalue weighted by Crippen LogP contribution is -2.11. The van der Waals surface area contributed by atoms with Gasteiger partial charge in [0.2, 0.25) is 0 Å². The number of nitrogens with one attached hydrogen (secondary N) is 2. The second-order valence-electron chi connectivity index (χ2n) is 4.34. The molecule has 0 unspecified atom stereocenters. The molecule has 21 heavy (non-hydrogen) atoms. The molecule has 2 aromatic rings. The Balaban J connectivity index is 2.11. The maximum Gasteiger partial charge on any atom is 0.271 e. The fourth-order valence-electron chi connectivity index (χ4n) is 1.71. The molecule has 0 radical (unpaired) electrons. The first-order valence-electron chi connectivity index (χ1n) is 6.51. The molecule has 0 aliphatic carbocycles. The van der Waals surface area contributed by atoms with Gasteiger partial charge >= 0.3 is 0 Å². The van der Waals surface area contributed by atoms with Crippen molar-refractivity contribution in [1.82, 2.24) is 5.32 Å². The molecule has 0 spiro atoms. The molecular weight excluding hydrogens is 308 g/mol. The number of ether oxygens (including phenoxy) is 1. The van der Waals surface area contributed by atoms with Crippen molar-refractivity contribution in [2.24, 2.45) is 0 Å². The highest BCUT2D eigenvalue weighted by molar-refractivity contribution is 7.94. The predicted molar refractivity (Wildman–Crippen MR) is 85.5 cm³/mol. The van der Waals surface area contributed by atoms with Crippen molar-refractivity contribution in [1.29, 1.82) is 0 Å². The van der Waals surface area contributed by atoms with E-state index in [-0.39, 0.29) is 0 Å². The number of thiophene rings is 1. The zero-order valence-electron chi connectivity index (χ0n) is 11.9. The third-order valence-electron chi connectivity index (χ3n) is 2.79. The van der Waals surface area contributed by atoms with Gasteiger partial charge in [0.15, 0.2) is 0 Å². The standard InChI is InChI=1S/C14H18N2O3S2/c1-3-15-10-13-8-9-14(20-13)21(17,18)16-11-4-6-12(19-2)7-5-11/h4-9,15-16H,3,10H2,1-2H3. The fraction of sp³-hybridized carbons (Fsp3) is 0.286. The van der Waals surface area contributed by atoms with Crippen LogP contribution in [0.5, 0.6) is 5.75 Å². The lowest BCUT2D eigenvalue weighted by Gasteiger charge is -2.07. The second kappa shape index (κ2) is 6.93. The number of benzene rings is 1. The van der Waals surface area contributed by atoms with Crippen LogP contribution in [-0.2, 0) is 16.6 Å². The Labute approximate surface area is 129 Å². The lowest BCUT2D eigenvalue weighted by molar-refractivity contribution is 0.415. The van der Waals surface area contributed by atoms with E-state index in [1.165, 1.54) is 11.3 Å². The van der Waals surface area contributed by atoms with E-state index in [1.807, 2.05) is 13.0 Å². The van der Waals surface area contributed by atoms with Gasteiger partial charge in [-0.25, -0.2) is 8.42 Å². The highest BCUT2D eigenvalue weighted by Crippen LogP contribution is 2.24. The van der Waals surface area contributed by atoms with Gasteiger partial charge in [-0.05, 0) is 42.9 Å². The average molecular weight is 326 g/mol. The molecule has 0 fully saturated rings. The normalized spacial score (nSPS) is 11.3. The number of hydrogen-bond donors (Lipinski definition) is 2. The van der Waals surface area contributed by atoms with E-state index >= 15 is 0 Å². The van der Waals surface area contributed by atoms with Crippen molar-refractivity contribution in [2.45, 2.75) is 17.7 Å². The van der Waals surface area contributed by atoms with E-state index in [2.05, 4.69) is 10.0 Å². The van der Waals surface area contributed by atoms with Gasteiger partial charge in [-0.15, -0.1) is 11.3 Å². The predicted octanol–water partition coefficient (Wildman–Crippen LogP) is 2.67. The molecule has 7 heteroatoms. The van der Waals surface area contributed by atoms with Crippen LogP contribution in [0.3, 0.4) is 0 Å². The Morgan fingerprint density at radius 1 is 1.14 bits per heavy atom. The van der Waals surface area contributed by atoms with Crippen molar-refractivity contribution in [2.75, 3.05) is 18.4 Å². The van der Waals surface area contributed by atoms with E-state index < -0.39 is 10.0 Å². The number of sulfonamides is 1. The van der Waals surface area contributed by atoms with E-state index in [9.17, 15) is 8.42 Å². The Bertz CT molecular complexity index is 678. The van der Waals surface area contributed by atoms with Crippen LogP contribution in [0, 0.1) is 0 Å². The minimum absolute atomic E-state index is 0.311. The van der Waals surface area contributed by atoms with Crippen LogP contribution in [0.1, 0.15) is 11.8 Å². The van der Waals surface area contributed by atoms with Crippen molar-refractivity contribution in [3.63, 3.8) is 0 Å². The molecule has 2 rings (SSSR count). The van der Waals surface area contributed by atoms with Crippen molar-refractivity contribution >= 4 is 27.0 Å². The van der Waals surface area contributed by atoms with Gasteiger partial charge in [0.25, 0.3) is 10.0 Å². The molecule has 0 bridgehead atoms. The summed E-state index contributed by atoms with van der Waals surface area (Å²) in [4.78, 5) is 0.993. The quantitative estimate of drug-likeness (QED) is 0.821. The summed E-state index contributed by atoms with van der Waals surface area (Å²) in [7, 11) is -1.97. The van der Waals surface area contributed by atoms with Crippen molar-refractivity contribution in [3.8, 4) is 5.75 Å². The third kappa shape index (κ3) is 4.20. The Hall–Kier alpha value is -1.57. The van der Waals surface area contributed by atoms with Crippen LogP contribution < -0.4 is 14.8 Å². The van der Waals surface area contributed by atoms with Crippen LogP contribution in [0.2, 0.25) is 0 Å². The molecule has 0 amide bonds. The second-order valence-corrected chi connectivity index (χ2v) is 7.41. The first kappa shape index (κ1) is 15.8. The molecule has 0 aliphatic heterocycles. The van der Waals surface area contributed by atoms with E-state index in [1.54, 1.807) is 37.4 Å². The van der Waals surface area contributed by atoms with Crippen molar-refractivity contribution in [3.05, 3.63) is 41.3 Å². The molecule has 114 valence electrons. The number of hydrogen-bond acceptors (Lipinski definition) is 5. The summed E-state index contributed by atoms with van der Waals surface area (Å²) < 4.78 is 32.5. The summed E-state index contributed by atoms with van der Waals surface area (Å²) in [6.07, 6.45) is 0. The zero-order valence-corrected chi connectivity index (χ0v) is 13.6. The summed E-state index contributed by atoms with van der Waals surface area (Å²) in [6, 6.07) is 10.2. The van der Waals surface area contributed by atoms with Gasteiger partial charge in [0.05, 0.1) is 7.11 Å². The summed E-state index contributed by atoms with van der Waals surface area (Å²) in [6.45, 7) is 3.54. The van der Waals surface area contributed by atoms with E-state index in [0.717, 1.165) is 11.4 Å². The molecule has 0 saturated carbocycles. The molecule has 0 saturated heterocycles. The van der Waals surface area contributed by atoms with Crippen molar-refractivity contribution < 1.29 is 13.2 Å². The maximum atomic E-state index is 12.3. The van der Waals surface area contributed by atoms with Gasteiger partial charge in [0.1, 0.15) is 9.96 Å². The van der Waals surface area contributed by atoms with Crippen LogP contribution in [-0.4, -0.2) is 22.1 Å². The summed E-state index contributed by atoms with van der Waals surface area (Å²) in [5.41, 5.74) is 0.512. The SMILES string of the molecule is CCNCc1ccc(S(=O)(=O)Nc2ccc(OC)cc2)s1. The third-order valence-corrected chi connectivity index (χ3v) is 5.75. The molecule has 1 aromatic carbocycles. The van der Waals surface area contributed by atoms with Crippen LogP contribution >= 0.6 is 11.3 Å². The minimum atomic E-state index is -3.54. The minimum Gasteiger partial charge on any atom is -0.497 e. The van der Waals surface area contributed by atoms with Gasteiger partial charge in [-0.1, -0.05) is 6.92 Å². The zero-order chi connectivity index (χ0) is 15.3. The molecule has 0 atom stereocenters. The number of rotatable bonds is 7. The molecule has 0 aliphatic rings. The molecule has 5 nitrogen and oxygen atoms in total. The number of methoxy groups -OCH3 is 1. The summed E-state index contributed by atoms with van der Waals surface area (Å²) in [5, 5.41) is 3.17. The summed E-state index contributed by atoms with van der Waals surface area (Å²) >= 11 is 1.27. The number of anilines is 1. The van der Waals surface area contributed by atoms with E-state index in [4.69, 9.17) is 4.74 Å². The monoisotopic (exact) mass is 326 g/mol. The Morgan fingerprint density at radius 2 is 1.86 bits per heavy atom. The molecule has 1 heterocycles. The van der Waals surface area contributed by atoms with E-state index in [0.29, 0.717) is 22.2 Å². The molecule has 1 aromatic heterocycles. The Kier molecular flexibility index (Phi) is 5.22. The largest absolute Gasteiger partial charge is 0.497 e.